The fourth-order valence-electron chi connectivity index (χ4n) is 4.28. The molecule has 0 spiro atoms. The van der Waals surface area contributed by atoms with Gasteiger partial charge >= 0.3 is 0 Å². The van der Waals surface area contributed by atoms with Gasteiger partial charge in [0.1, 0.15) is 0 Å². The fraction of sp³-hybridized carbons (Fsp3) is 0.467. The summed E-state index contributed by atoms with van der Waals surface area (Å²) in [6, 6.07) is 7.01. The van der Waals surface area contributed by atoms with Crippen molar-refractivity contribution in [3.05, 3.63) is 29.3 Å². The number of fused-ring (bicyclic) bond motifs is 5. The van der Waals surface area contributed by atoms with Crippen molar-refractivity contribution in [1.82, 2.24) is 0 Å². The maximum atomic E-state index is 12.6. The maximum Gasteiger partial charge on any atom is 0.237 e. The second-order valence-electron chi connectivity index (χ2n) is 5.88. The van der Waals surface area contributed by atoms with E-state index in [0.29, 0.717) is 22.5 Å². The Morgan fingerprint density at radius 3 is 2.26 bits per heavy atom. The molecule has 3 fully saturated rings. The molecule has 2 amide bonds. The molecule has 0 unspecified atom stereocenters. The normalized spacial score (nSPS) is 36.2. The average molecular weight is 276 g/mol. The number of nitrogens with zero attached hydrogens (tertiary/aromatic N) is 1. The van der Waals surface area contributed by atoms with Gasteiger partial charge in [0.05, 0.1) is 17.5 Å². The molecule has 1 heterocycles. The van der Waals surface area contributed by atoms with E-state index in [1.807, 2.05) is 0 Å². The average Bonchev–Trinajstić information content (AvgIpc) is 3.04. The first-order valence-electron chi connectivity index (χ1n) is 6.80. The molecule has 98 valence electrons. The van der Waals surface area contributed by atoms with Gasteiger partial charge < -0.3 is 0 Å². The summed E-state index contributed by atoms with van der Waals surface area (Å²) in [5.41, 5.74) is 0.622. The van der Waals surface area contributed by atoms with Crippen molar-refractivity contribution < 1.29 is 9.59 Å². The lowest BCUT2D eigenvalue weighted by Gasteiger charge is -2.19. The zero-order chi connectivity index (χ0) is 13.1. The first-order chi connectivity index (χ1) is 9.16. The predicted octanol–water partition coefficient (Wildman–Crippen LogP) is 2.88. The molecule has 19 heavy (non-hydrogen) atoms. The summed E-state index contributed by atoms with van der Waals surface area (Å²) in [5.74, 6) is 0.704. The van der Waals surface area contributed by atoms with Crippen molar-refractivity contribution in [3.8, 4) is 0 Å². The van der Waals surface area contributed by atoms with Gasteiger partial charge in [-0.05, 0) is 49.3 Å². The molecule has 1 aromatic rings. The topological polar surface area (TPSA) is 37.4 Å². The van der Waals surface area contributed by atoms with Gasteiger partial charge in [-0.15, -0.1) is 0 Å². The van der Waals surface area contributed by atoms with Gasteiger partial charge in [-0.1, -0.05) is 17.7 Å². The highest BCUT2D eigenvalue weighted by atomic mass is 35.5. The van der Waals surface area contributed by atoms with Gasteiger partial charge in [-0.25, -0.2) is 4.90 Å². The highest BCUT2D eigenvalue weighted by molar-refractivity contribution is 6.31. The first kappa shape index (κ1) is 11.5. The highest BCUT2D eigenvalue weighted by Crippen LogP contribution is 2.56. The zero-order valence-electron chi connectivity index (χ0n) is 10.4. The number of amides is 2. The summed E-state index contributed by atoms with van der Waals surface area (Å²) in [4.78, 5) is 26.5. The molecule has 4 heteroatoms. The maximum absolute atomic E-state index is 12.6. The van der Waals surface area contributed by atoms with Gasteiger partial charge in [0.25, 0.3) is 0 Å². The Morgan fingerprint density at radius 2 is 1.68 bits per heavy atom. The molecule has 1 saturated heterocycles. The van der Waals surface area contributed by atoms with Crippen LogP contribution in [-0.4, -0.2) is 11.8 Å². The van der Waals surface area contributed by atoms with Gasteiger partial charge in [0.2, 0.25) is 11.8 Å². The molecular formula is C15H14ClNO2. The van der Waals surface area contributed by atoms with Crippen LogP contribution in [0.2, 0.25) is 5.02 Å². The monoisotopic (exact) mass is 275 g/mol. The van der Waals surface area contributed by atoms with Gasteiger partial charge in [0.15, 0.2) is 0 Å². The van der Waals surface area contributed by atoms with Crippen LogP contribution in [0.4, 0.5) is 5.69 Å². The number of carbonyl (C=O) groups excluding carboxylic acids is 2. The third-order valence-corrected chi connectivity index (χ3v) is 5.23. The van der Waals surface area contributed by atoms with E-state index in [4.69, 9.17) is 11.6 Å². The van der Waals surface area contributed by atoms with Crippen molar-refractivity contribution in [1.29, 1.82) is 0 Å². The Labute approximate surface area is 116 Å². The van der Waals surface area contributed by atoms with E-state index < -0.39 is 0 Å². The van der Waals surface area contributed by atoms with Crippen molar-refractivity contribution in [2.45, 2.75) is 19.3 Å². The van der Waals surface area contributed by atoms with Crippen LogP contribution in [0.15, 0.2) is 24.3 Å². The van der Waals surface area contributed by atoms with Crippen LogP contribution in [0.1, 0.15) is 19.3 Å². The minimum atomic E-state index is -0.0646. The number of benzene rings is 1. The third kappa shape index (κ3) is 1.45. The van der Waals surface area contributed by atoms with Crippen LogP contribution in [0.25, 0.3) is 0 Å². The molecule has 1 aromatic carbocycles. The van der Waals surface area contributed by atoms with Crippen LogP contribution in [0.3, 0.4) is 0 Å². The molecular weight excluding hydrogens is 262 g/mol. The van der Waals surface area contributed by atoms with E-state index in [-0.39, 0.29) is 23.7 Å². The first-order valence-corrected chi connectivity index (χ1v) is 7.18. The molecule has 3 aliphatic rings. The Bertz CT molecular complexity index is 557. The molecule has 4 rings (SSSR count). The van der Waals surface area contributed by atoms with E-state index in [9.17, 15) is 9.59 Å². The second kappa shape index (κ2) is 3.83. The molecule has 2 aliphatic carbocycles. The van der Waals surface area contributed by atoms with Crippen LogP contribution in [-0.2, 0) is 9.59 Å². The third-order valence-electron chi connectivity index (χ3n) is 4.99. The number of carbonyl (C=O) groups is 2. The Balaban J connectivity index is 1.75. The number of hydrogen-bond donors (Lipinski definition) is 0. The quantitative estimate of drug-likeness (QED) is 0.739. The summed E-state index contributed by atoms with van der Waals surface area (Å²) in [6.45, 7) is 0. The number of imide groups is 1. The molecule has 1 aliphatic heterocycles. The minimum absolute atomic E-state index is 0.00975. The smallest absolute Gasteiger partial charge is 0.237 e. The number of rotatable bonds is 1. The number of halogens is 1. The van der Waals surface area contributed by atoms with Crippen molar-refractivity contribution in [2.24, 2.45) is 23.7 Å². The second-order valence-corrected chi connectivity index (χ2v) is 6.31. The van der Waals surface area contributed by atoms with Crippen molar-refractivity contribution in [3.63, 3.8) is 0 Å². The summed E-state index contributed by atoms with van der Waals surface area (Å²) < 4.78 is 0. The zero-order valence-corrected chi connectivity index (χ0v) is 11.1. The molecule has 4 atom stereocenters. The highest BCUT2D eigenvalue weighted by Gasteiger charge is 2.61. The number of anilines is 1. The van der Waals surface area contributed by atoms with Crippen LogP contribution < -0.4 is 4.90 Å². The Hall–Kier alpha value is -1.35. The standard InChI is InChI=1S/C15H14ClNO2/c16-10-2-1-3-11(7-10)17-14(18)12-8-4-5-9(6-8)13(12)15(17)19/h1-3,7-9,12-13H,4-6H2/t8-,9+,12-,13-/m0/s1. The molecule has 0 N–H and O–H groups in total. The van der Waals surface area contributed by atoms with E-state index in [1.165, 1.54) is 4.90 Å². The lowest BCUT2D eigenvalue weighted by Crippen LogP contribution is -2.32. The molecule has 2 bridgehead atoms. The predicted molar refractivity (Wildman–Crippen MR) is 71.8 cm³/mol. The van der Waals surface area contributed by atoms with Crippen LogP contribution in [0.5, 0.6) is 0 Å². The van der Waals surface area contributed by atoms with Gasteiger partial charge in [-0.2, -0.15) is 0 Å². The van der Waals surface area contributed by atoms with Crippen molar-refractivity contribution >= 4 is 29.1 Å². The lowest BCUT2D eigenvalue weighted by molar-refractivity contribution is -0.123. The Kier molecular flexibility index (Phi) is 2.31. The summed E-state index contributed by atoms with van der Waals surface area (Å²) in [7, 11) is 0. The van der Waals surface area contributed by atoms with Gasteiger partial charge in [0, 0.05) is 5.02 Å². The van der Waals surface area contributed by atoms with E-state index >= 15 is 0 Å². The molecule has 2 saturated carbocycles. The van der Waals surface area contributed by atoms with Gasteiger partial charge in [-0.3, -0.25) is 9.59 Å². The minimum Gasteiger partial charge on any atom is -0.274 e. The van der Waals surface area contributed by atoms with E-state index in [0.717, 1.165) is 19.3 Å². The molecule has 3 nitrogen and oxygen atoms in total. The van der Waals surface area contributed by atoms with Crippen molar-refractivity contribution in [2.75, 3.05) is 4.90 Å². The van der Waals surface area contributed by atoms with E-state index in [2.05, 4.69) is 0 Å². The fourth-order valence-corrected chi connectivity index (χ4v) is 4.46. The van der Waals surface area contributed by atoms with Crippen LogP contribution >= 0.6 is 11.6 Å². The Morgan fingerprint density at radius 1 is 1.05 bits per heavy atom. The summed E-state index contributed by atoms with van der Waals surface area (Å²) >= 11 is 5.96. The van der Waals surface area contributed by atoms with E-state index in [1.54, 1.807) is 24.3 Å². The number of hydrogen-bond acceptors (Lipinski definition) is 2. The summed E-state index contributed by atoms with van der Waals surface area (Å²) in [5, 5.41) is 0.554. The molecule has 0 radical (unpaired) electrons. The lowest BCUT2D eigenvalue weighted by atomic mass is 9.81. The molecule has 0 aromatic heterocycles. The SMILES string of the molecule is O=C1[C@H]2[C@@H]3CC[C@@H](C3)[C@@H]2C(=O)N1c1cccc(Cl)c1. The van der Waals surface area contributed by atoms with Crippen LogP contribution in [0, 0.1) is 23.7 Å². The largest absolute Gasteiger partial charge is 0.274 e. The summed E-state index contributed by atoms with van der Waals surface area (Å²) in [6.07, 6.45) is 3.28.